The van der Waals surface area contributed by atoms with Gasteiger partial charge in [0.15, 0.2) is 0 Å². The van der Waals surface area contributed by atoms with Crippen LogP contribution in [0.5, 0.6) is 0 Å². The Morgan fingerprint density at radius 1 is 0.919 bits per heavy atom. The number of fused-ring (bicyclic) bond motifs is 1. The van der Waals surface area contributed by atoms with Gasteiger partial charge < -0.3 is 15.0 Å². The predicted octanol–water partition coefficient (Wildman–Crippen LogP) is 5.66. The summed E-state index contributed by atoms with van der Waals surface area (Å²) in [5.41, 5.74) is 4.47. The molecule has 2 amide bonds. The van der Waals surface area contributed by atoms with Crippen LogP contribution in [-0.4, -0.2) is 47.5 Å². The van der Waals surface area contributed by atoms with Crippen LogP contribution in [0.3, 0.4) is 0 Å². The van der Waals surface area contributed by atoms with Crippen LogP contribution in [0.4, 0.5) is 10.5 Å². The van der Waals surface area contributed by atoms with Crippen molar-refractivity contribution < 1.29 is 14.3 Å². The lowest BCUT2D eigenvalue weighted by atomic mass is 9.81. The van der Waals surface area contributed by atoms with E-state index >= 15 is 0 Å². The van der Waals surface area contributed by atoms with Crippen molar-refractivity contribution in [2.45, 2.75) is 44.8 Å². The number of anilines is 1. The Labute approximate surface area is 219 Å². The average molecular weight is 498 g/mol. The van der Waals surface area contributed by atoms with Gasteiger partial charge in [-0.05, 0) is 48.4 Å². The van der Waals surface area contributed by atoms with E-state index in [2.05, 4.69) is 65.7 Å². The summed E-state index contributed by atoms with van der Waals surface area (Å²) in [7, 11) is 0. The molecule has 5 rings (SSSR count). The minimum absolute atomic E-state index is 0.0561. The lowest BCUT2D eigenvalue weighted by Gasteiger charge is -2.34. The van der Waals surface area contributed by atoms with Gasteiger partial charge in [0.2, 0.25) is 5.91 Å². The Balaban J connectivity index is 1.15. The van der Waals surface area contributed by atoms with Gasteiger partial charge in [-0.25, -0.2) is 4.79 Å². The van der Waals surface area contributed by atoms with E-state index < -0.39 is 0 Å². The number of likely N-dealkylation sites (tertiary alicyclic amines) is 1. The van der Waals surface area contributed by atoms with Crippen molar-refractivity contribution >= 4 is 17.7 Å². The van der Waals surface area contributed by atoms with Gasteiger partial charge >= 0.3 is 6.09 Å². The third-order valence-corrected chi connectivity index (χ3v) is 7.63. The van der Waals surface area contributed by atoms with Gasteiger partial charge in [-0.1, -0.05) is 78.9 Å². The van der Waals surface area contributed by atoms with Crippen molar-refractivity contribution in [1.29, 1.82) is 0 Å². The summed E-state index contributed by atoms with van der Waals surface area (Å²) >= 11 is 0. The number of piperidine rings is 1. The highest BCUT2D eigenvalue weighted by Crippen LogP contribution is 2.41. The van der Waals surface area contributed by atoms with E-state index in [1.807, 2.05) is 36.4 Å². The first kappa shape index (κ1) is 25.0. The summed E-state index contributed by atoms with van der Waals surface area (Å²) in [6, 6.07) is 28.8. The predicted molar refractivity (Wildman–Crippen MR) is 145 cm³/mol. The number of carbonyl (C=O) groups excluding carboxylic acids is 2. The third-order valence-electron chi connectivity index (χ3n) is 7.63. The highest BCUT2D eigenvalue weighted by molar-refractivity contribution is 6.03. The van der Waals surface area contributed by atoms with Crippen LogP contribution >= 0.6 is 0 Å². The molecule has 3 aromatic rings. The second-order valence-corrected chi connectivity index (χ2v) is 10.2. The number of carbonyl (C=O) groups is 2. The summed E-state index contributed by atoms with van der Waals surface area (Å²) in [5.74, 6) is 0.186. The molecule has 0 spiro atoms. The standard InChI is InChI=1S/C31H35N3O3/c1-23(34(20-24-10-4-2-5-11-24)21-25-12-6-3-7-13-25)22-37-31(36)33-18-16-26(17-19-33)29-27-14-8-9-15-28(27)32-30(29)35/h2-15,23,26,29H,16-22H2,1H3,(H,32,35)/t23?,29-/m0/s1. The lowest BCUT2D eigenvalue weighted by Crippen LogP contribution is -2.43. The maximum atomic E-state index is 12.9. The second kappa shape index (κ2) is 11.6. The first-order valence-electron chi connectivity index (χ1n) is 13.2. The monoisotopic (exact) mass is 497 g/mol. The number of ether oxygens (including phenoxy) is 1. The van der Waals surface area contributed by atoms with E-state index in [-0.39, 0.29) is 29.9 Å². The quantitative estimate of drug-likeness (QED) is 0.436. The molecule has 2 aliphatic heterocycles. The highest BCUT2D eigenvalue weighted by atomic mass is 16.6. The number of rotatable bonds is 8. The van der Waals surface area contributed by atoms with Crippen LogP contribution in [0.15, 0.2) is 84.9 Å². The molecule has 1 N–H and O–H groups in total. The minimum atomic E-state index is -0.263. The molecule has 1 fully saturated rings. The van der Waals surface area contributed by atoms with E-state index in [1.54, 1.807) is 4.90 Å². The second-order valence-electron chi connectivity index (χ2n) is 10.2. The minimum Gasteiger partial charge on any atom is -0.448 e. The molecule has 1 unspecified atom stereocenters. The molecule has 6 heteroatoms. The van der Waals surface area contributed by atoms with Gasteiger partial charge in [-0.15, -0.1) is 0 Å². The molecule has 1 saturated heterocycles. The van der Waals surface area contributed by atoms with Gasteiger partial charge in [-0.3, -0.25) is 9.69 Å². The third kappa shape index (κ3) is 6.03. The van der Waals surface area contributed by atoms with Crippen LogP contribution in [0.25, 0.3) is 0 Å². The number of hydrogen-bond acceptors (Lipinski definition) is 4. The number of amides is 2. The molecular formula is C31H35N3O3. The van der Waals surface area contributed by atoms with Gasteiger partial charge in [0, 0.05) is 37.9 Å². The van der Waals surface area contributed by atoms with Crippen LogP contribution < -0.4 is 5.32 Å². The fourth-order valence-corrected chi connectivity index (χ4v) is 5.51. The summed E-state index contributed by atoms with van der Waals surface area (Å²) in [6.45, 7) is 5.23. The normalized spacial score (nSPS) is 18.4. The maximum Gasteiger partial charge on any atom is 0.409 e. The number of para-hydroxylation sites is 1. The molecule has 3 aromatic carbocycles. The van der Waals surface area contributed by atoms with Crippen molar-refractivity contribution in [2.24, 2.45) is 5.92 Å². The van der Waals surface area contributed by atoms with Gasteiger partial charge in [0.25, 0.3) is 0 Å². The fraction of sp³-hybridized carbons (Fsp3) is 0.355. The molecule has 0 aromatic heterocycles. The first-order valence-corrected chi connectivity index (χ1v) is 13.2. The maximum absolute atomic E-state index is 12.9. The van der Waals surface area contributed by atoms with Gasteiger partial charge in [0.05, 0.1) is 5.92 Å². The molecule has 0 radical (unpaired) electrons. The van der Waals surface area contributed by atoms with Crippen LogP contribution in [-0.2, 0) is 22.6 Å². The number of benzene rings is 3. The number of hydrogen-bond donors (Lipinski definition) is 1. The highest BCUT2D eigenvalue weighted by Gasteiger charge is 2.38. The lowest BCUT2D eigenvalue weighted by molar-refractivity contribution is -0.118. The van der Waals surface area contributed by atoms with Crippen LogP contribution in [0.2, 0.25) is 0 Å². The topological polar surface area (TPSA) is 61.9 Å². The van der Waals surface area contributed by atoms with Crippen molar-refractivity contribution in [3.05, 3.63) is 102 Å². The molecule has 6 nitrogen and oxygen atoms in total. The Morgan fingerprint density at radius 3 is 2.11 bits per heavy atom. The SMILES string of the molecule is CC(COC(=O)N1CCC([C@@H]2C(=O)Nc3ccccc32)CC1)N(Cc1ccccc1)Cc1ccccc1. The number of nitrogens with one attached hydrogen (secondary N) is 1. The Kier molecular flexibility index (Phi) is 7.85. The fourth-order valence-electron chi connectivity index (χ4n) is 5.51. The van der Waals surface area contributed by atoms with Crippen molar-refractivity contribution in [3.8, 4) is 0 Å². The molecule has 0 saturated carbocycles. The van der Waals surface area contributed by atoms with E-state index in [1.165, 1.54) is 11.1 Å². The molecule has 0 aliphatic carbocycles. The van der Waals surface area contributed by atoms with E-state index in [9.17, 15) is 9.59 Å². The van der Waals surface area contributed by atoms with Gasteiger partial charge in [0.1, 0.15) is 6.61 Å². The Hall–Kier alpha value is -3.64. The molecule has 2 heterocycles. The van der Waals surface area contributed by atoms with Crippen molar-refractivity contribution in [1.82, 2.24) is 9.80 Å². The zero-order chi connectivity index (χ0) is 25.6. The molecular weight excluding hydrogens is 462 g/mol. The molecule has 2 aliphatic rings. The number of nitrogens with zero attached hydrogens (tertiary/aromatic N) is 2. The van der Waals surface area contributed by atoms with E-state index in [0.717, 1.165) is 37.2 Å². The van der Waals surface area contributed by atoms with Crippen LogP contribution in [0, 0.1) is 5.92 Å². The molecule has 0 bridgehead atoms. The Morgan fingerprint density at radius 2 is 1.49 bits per heavy atom. The summed E-state index contributed by atoms with van der Waals surface area (Å²) in [6.07, 6.45) is 1.33. The van der Waals surface area contributed by atoms with Crippen molar-refractivity contribution in [3.63, 3.8) is 0 Å². The zero-order valence-electron chi connectivity index (χ0n) is 21.4. The zero-order valence-corrected chi connectivity index (χ0v) is 21.4. The Bertz CT molecular complexity index is 1150. The van der Waals surface area contributed by atoms with Gasteiger partial charge in [-0.2, -0.15) is 0 Å². The first-order chi connectivity index (χ1) is 18.1. The van der Waals surface area contributed by atoms with Crippen LogP contribution in [0.1, 0.15) is 42.4 Å². The molecule has 37 heavy (non-hydrogen) atoms. The van der Waals surface area contributed by atoms with E-state index in [0.29, 0.717) is 19.7 Å². The average Bonchev–Trinajstić information content (AvgIpc) is 3.28. The largest absolute Gasteiger partial charge is 0.448 e. The summed E-state index contributed by atoms with van der Waals surface area (Å²) in [5, 5.41) is 3.01. The molecule has 2 atom stereocenters. The molecule has 192 valence electrons. The van der Waals surface area contributed by atoms with Crippen molar-refractivity contribution in [2.75, 3.05) is 25.0 Å². The summed E-state index contributed by atoms with van der Waals surface area (Å²) < 4.78 is 5.80. The van der Waals surface area contributed by atoms with E-state index in [4.69, 9.17) is 4.74 Å². The smallest absolute Gasteiger partial charge is 0.409 e. The summed E-state index contributed by atoms with van der Waals surface area (Å²) in [4.78, 5) is 29.7.